The molecule has 2 aliphatic heterocycles. The minimum atomic E-state index is 0. The summed E-state index contributed by atoms with van der Waals surface area (Å²) in [4.78, 5) is 38.9. The predicted molar refractivity (Wildman–Crippen MR) is 204 cm³/mol. The number of fused-ring (bicyclic) bond motifs is 14. The fraction of sp³-hybridized carbons (Fsp3) is 0.250. The predicted octanol–water partition coefficient (Wildman–Crippen LogP) is 10.4. The van der Waals surface area contributed by atoms with Crippen molar-refractivity contribution in [1.82, 2.24) is 39.9 Å². The van der Waals surface area contributed by atoms with Gasteiger partial charge in [0.2, 0.25) is 0 Å². The third-order valence-electron chi connectivity index (χ3n) is 7.01. The van der Waals surface area contributed by atoms with Crippen LogP contribution in [0, 0.1) is 6.92 Å². The topological polar surface area (TPSA) is 106 Å². The Balaban J connectivity index is 0.000000866. The van der Waals surface area contributed by atoms with E-state index >= 15 is 0 Å². The number of allylic oxidation sites excluding steroid dienone is 5. The second-order valence-electron chi connectivity index (χ2n) is 9.35. The maximum absolute atomic E-state index is 4.93. The van der Waals surface area contributed by atoms with E-state index < -0.39 is 0 Å². The molecular formula is C40H46CuN8. The molecule has 0 saturated heterocycles. The van der Waals surface area contributed by atoms with E-state index in [1.54, 1.807) is 12.2 Å². The fourth-order valence-electron chi connectivity index (χ4n) is 5.06. The summed E-state index contributed by atoms with van der Waals surface area (Å²) < 4.78 is 0. The Labute approximate surface area is 301 Å². The van der Waals surface area contributed by atoms with Gasteiger partial charge in [0.15, 0.2) is 0 Å². The van der Waals surface area contributed by atoms with Crippen molar-refractivity contribution in [2.45, 2.75) is 69.2 Å². The van der Waals surface area contributed by atoms with Gasteiger partial charge in [0.1, 0.15) is 0 Å². The maximum atomic E-state index is 4.93. The maximum Gasteiger partial charge on any atom is 2.00 e. The minimum Gasteiger partial charge on any atom is -0.357 e. The number of benzene rings is 2. The van der Waals surface area contributed by atoms with E-state index in [1.807, 2.05) is 130 Å². The zero-order chi connectivity index (χ0) is 35.4. The molecule has 0 unspecified atom stereocenters. The Bertz CT molecular complexity index is 2130. The molecule has 5 heterocycles. The molecule has 8 nitrogen and oxygen atoms in total. The molecule has 2 aromatic carbocycles. The molecule has 49 heavy (non-hydrogen) atoms. The number of aromatic nitrogens is 8. The van der Waals surface area contributed by atoms with Crippen molar-refractivity contribution in [2.24, 2.45) is 0 Å². The molecule has 5 aromatic rings. The number of hydrogen-bond acceptors (Lipinski definition) is 6. The van der Waals surface area contributed by atoms with Gasteiger partial charge in [-0.3, -0.25) is 0 Å². The van der Waals surface area contributed by atoms with Crippen molar-refractivity contribution < 1.29 is 17.1 Å². The van der Waals surface area contributed by atoms with Crippen molar-refractivity contribution in [3.63, 3.8) is 0 Å². The van der Waals surface area contributed by atoms with Crippen LogP contribution in [0.25, 0.3) is 73.4 Å². The standard InChI is InChI=1S/C32H22N8.4C2H6.Cu/c1-5-12-20-17(4)25-33-26-18(6-2)19(7-3)27(35-26)36-29-21-13-8-10-15-23(21)31(38-29)40-32-24-16-11-9-14-22(24)30(39-32)37-28(20)34-25;4*1-2;/h5-16H,2-3H2,1,4H3;4*1-2H3;/q-2;;;;;+2/b12-5-;;;;;. The van der Waals surface area contributed by atoms with Crippen molar-refractivity contribution in [3.05, 3.63) is 103 Å². The van der Waals surface area contributed by atoms with E-state index in [0.29, 0.717) is 45.9 Å². The first-order valence-corrected chi connectivity index (χ1v) is 16.8. The summed E-state index contributed by atoms with van der Waals surface area (Å²) in [5, 5.41) is 1.72. The molecule has 0 fully saturated rings. The summed E-state index contributed by atoms with van der Waals surface area (Å²) in [5.74, 6) is 1.97. The molecule has 3 aromatic heterocycles. The summed E-state index contributed by atoms with van der Waals surface area (Å²) in [6.07, 6.45) is 7.36. The Morgan fingerprint density at radius 1 is 0.531 bits per heavy atom. The van der Waals surface area contributed by atoms with Gasteiger partial charge >= 0.3 is 17.1 Å². The zero-order valence-electron chi connectivity index (χ0n) is 30.2. The quantitative estimate of drug-likeness (QED) is 0.168. The van der Waals surface area contributed by atoms with Crippen molar-refractivity contribution in [3.8, 4) is 22.8 Å². The average molecular weight is 702 g/mol. The molecule has 257 valence electrons. The van der Waals surface area contributed by atoms with Crippen LogP contribution in [-0.4, -0.2) is 29.9 Å². The summed E-state index contributed by atoms with van der Waals surface area (Å²) in [6, 6.07) is 15.8. The van der Waals surface area contributed by atoms with Crippen LogP contribution in [0.2, 0.25) is 0 Å². The minimum absolute atomic E-state index is 0. The van der Waals surface area contributed by atoms with E-state index in [-0.39, 0.29) is 17.1 Å². The van der Waals surface area contributed by atoms with E-state index in [4.69, 9.17) is 39.9 Å². The third-order valence-corrected chi connectivity index (χ3v) is 7.01. The Morgan fingerprint density at radius 2 is 0.918 bits per heavy atom. The molecule has 0 saturated carbocycles. The van der Waals surface area contributed by atoms with Gasteiger partial charge in [-0.25, -0.2) is 9.97 Å². The molecule has 0 N–H and O–H groups in total. The first-order valence-electron chi connectivity index (χ1n) is 16.8. The summed E-state index contributed by atoms with van der Waals surface area (Å²) in [6.45, 7) is 27.9. The van der Waals surface area contributed by atoms with Crippen molar-refractivity contribution in [2.75, 3.05) is 0 Å². The van der Waals surface area contributed by atoms with Gasteiger partial charge in [-0.1, -0.05) is 141 Å². The smallest absolute Gasteiger partial charge is 0.357 e. The zero-order valence-corrected chi connectivity index (χ0v) is 31.2. The molecule has 0 amide bonds. The van der Waals surface area contributed by atoms with Crippen LogP contribution in [0.15, 0.2) is 79.9 Å². The molecular weight excluding hydrogens is 656 g/mol. The Kier molecular flexibility index (Phi) is 15.7. The van der Waals surface area contributed by atoms with Gasteiger partial charge in [0.25, 0.3) is 0 Å². The molecule has 8 bridgehead atoms. The molecule has 2 aliphatic rings. The van der Waals surface area contributed by atoms with Gasteiger partial charge in [-0.15, -0.1) is 0 Å². The average Bonchev–Trinajstić information content (AvgIpc) is 3.87. The number of nitrogens with zero attached hydrogens (tertiary/aromatic N) is 8. The second-order valence-corrected chi connectivity index (χ2v) is 9.35. The van der Waals surface area contributed by atoms with Gasteiger partial charge in [0.05, 0.1) is 23.3 Å². The molecule has 7 rings (SSSR count). The third kappa shape index (κ3) is 7.85. The summed E-state index contributed by atoms with van der Waals surface area (Å²) in [7, 11) is 0. The van der Waals surface area contributed by atoms with Gasteiger partial charge in [-0.2, -0.15) is 0 Å². The number of rotatable bonds is 3. The summed E-state index contributed by atoms with van der Waals surface area (Å²) in [5.41, 5.74) is 7.02. The number of aryl methyl sites for hydroxylation is 1. The SMILES string of the molecule is C=CC1=C(C=C)c2nc1nc1[n-]c(nc3nc(nc4[n-]c(n2)c2ccccc42)-c2ccccc2-3)c(/C=C\C)c1C.CC.CC.CC.CC.[Cu+2]. The Morgan fingerprint density at radius 3 is 1.39 bits per heavy atom. The van der Waals surface area contributed by atoms with Gasteiger partial charge < -0.3 is 29.9 Å². The normalized spacial score (nSPS) is 10.9. The first-order chi connectivity index (χ1) is 23.6. The van der Waals surface area contributed by atoms with E-state index in [9.17, 15) is 0 Å². The van der Waals surface area contributed by atoms with E-state index in [0.717, 1.165) is 44.2 Å². The van der Waals surface area contributed by atoms with Crippen molar-refractivity contribution >= 4 is 50.6 Å². The second kappa shape index (κ2) is 19.1. The molecule has 9 heteroatoms. The van der Waals surface area contributed by atoms with Crippen LogP contribution >= 0.6 is 0 Å². The van der Waals surface area contributed by atoms with Crippen LogP contribution in [0.5, 0.6) is 0 Å². The monoisotopic (exact) mass is 701 g/mol. The molecule has 0 spiro atoms. The summed E-state index contributed by atoms with van der Waals surface area (Å²) >= 11 is 0. The van der Waals surface area contributed by atoms with Crippen LogP contribution in [0.4, 0.5) is 0 Å². The van der Waals surface area contributed by atoms with E-state index in [1.165, 1.54) is 0 Å². The molecule has 1 radical (unpaired) electrons. The van der Waals surface area contributed by atoms with Crippen LogP contribution in [0.3, 0.4) is 0 Å². The molecule has 0 aliphatic carbocycles. The molecule has 0 atom stereocenters. The largest absolute Gasteiger partial charge is 2.00 e. The van der Waals surface area contributed by atoms with Crippen molar-refractivity contribution in [1.29, 1.82) is 0 Å². The first kappa shape index (κ1) is 40.2. The van der Waals surface area contributed by atoms with Crippen LogP contribution < -0.4 is 9.97 Å². The van der Waals surface area contributed by atoms with Crippen LogP contribution in [-0.2, 0) is 17.1 Å². The van der Waals surface area contributed by atoms with Crippen LogP contribution in [0.1, 0.15) is 85.1 Å². The van der Waals surface area contributed by atoms with E-state index in [2.05, 4.69) is 13.2 Å². The fourth-order valence-corrected chi connectivity index (χ4v) is 5.06. The van der Waals surface area contributed by atoms with Gasteiger partial charge in [0, 0.05) is 44.9 Å². The van der Waals surface area contributed by atoms with Gasteiger partial charge in [-0.05, 0) is 35.7 Å². The number of hydrogen-bond donors (Lipinski definition) is 0. The Hall–Kier alpha value is -4.98.